The van der Waals surface area contributed by atoms with E-state index in [0.29, 0.717) is 28.1 Å². The first kappa shape index (κ1) is 23.2. The molecule has 0 amide bonds. The van der Waals surface area contributed by atoms with Gasteiger partial charge in [-0.1, -0.05) is 121 Å². The predicted molar refractivity (Wildman–Crippen MR) is 140 cm³/mol. The Labute approximate surface area is 210 Å². The Hall–Kier alpha value is -4.54. The third kappa shape index (κ3) is 4.30. The molecular formula is C31H25N3O2. The fourth-order valence-electron chi connectivity index (χ4n) is 4.33. The number of rotatable bonds is 7. The van der Waals surface area contributed by atoms with Crippen LogP contribution in [0.1, 0.15) is 28.1 Å². The van der Waals surface area contributed by atoms with Crippen LogP contribution in [0.4, 0.5) is 0 Å². The van der Waals surface area contributed by atoms with E-state index in [1.54, 1.807) is 12.3 Å². The van der Waals surface area contributed by atoms with Crippen LogP contribution in [0.25, 0.3) is 6.20 Å². The molecule has 0 aliphatic rings. The van der Waals surface area contributed by atoms with Gasteiger partial charge in [0, 0.05) is 0 Å². The summed E-state index contributed by atoms with van der Waals surface area (Å²) in [5.74, 6) is 0.309. The Morgan fingerprint density at radius 1 is 0.611 bits per heavy atom. The van der Waals surface area contributed by atoms with E-state index >= 15 is 0 Å². The number of hydrogen-bond acceptors (Lipinski definition) is 4. The maximum absolute atomic E-state index is 12.1. The van der Waals surface area contributed by atoms with Crippen LogP contribution >= 0.6 is 0 Å². The molecule has 2 N–H and O–H groups in total. The number of hydrogen-bond donors (Lipinski definition) is 2. The van der Waals surface area contributed by atoms with Gasteiger partial charge in [0.1, 0.15) is 11.9 Å². The van der Waals surface area contributed by atoms with Crippen LogP contribution in [0, 0.1) is 0 Å². The Kier molecular flexibility index (Phi) is 6.44. The van der Waals surface area contributed by atoms with E-state index in [2.05, 4.69) is 15.8 Å². The average Bonchev–Trinajstić information content (AvgIpc) is 3.43. The molecule has 176 valence electrons. The van der Waals surface area contributed by atoms with E-state index in [1.165, 1.54) is 11.0 Å². The second-order valence-corrected chi connectivity index (χ2v) is 8.41. The zero-order chi connectivity index (χ0) is 24.8. The average molecular weight is 472 g/mol. The van der Waals surface area contributed by atoms with Gasteiger partial charge in [-0.3, -0.25) is 0 Å². The van der Waals surface area contributed by atoms with Crippen molar-refractivity contribution in [3.05, 3.63) is 168 Å². The second-order valence-electron chi connectivity index (χ2n) is 8.41. The molecule has 0 bridgehead atoms. The Bertz CT molecular complexity index is 1400. The summed E-state index contributed by atoms with van der Waals surface area (Å²) < 4.78 is 1.48. The molecule has 36 heavy (non-hydrogen) atoms. The largest absolute Gasteiger partial charge is 0.376 e. The number of aromatic nitrogens is 3. The molecule has 0 saturated carbocycles. The van der Waals surface area contributed by atoms with Gasteiger partial charge in [0.15, 0.2) is 11.4 Å². The molecule has 4 aromatic carbocycles. The molecule has 0 radical (unpaired) electrons. The lowest BCUT2D eigenvalue weighted by Gasteiger charge is -2.28. The Morgan fingerprint density at radius 2 is 1.03 bits per heavy atom. The van der Waals surface area contributed by atoms with Crippen molar-refractivity contribution in [2.24, 2.45) is 0 Å². The standard InChI is InChI=1S/C31H25N3O2/c35-30(25-14-5-1-6-15-25,26-16-7-2-8-17-26)22-13-23-34-29(32-24-33-34)31(36,27-18-9-3-10-19-27)28-20-11-4-12-21-28/h1-12,14-24,35-36H. The van der Waals surface area contributed by atoms with Crippen molar-refractivity contribution < 1.29 is 10.2 Å². The van der Waals surface area contributed by atoms with E-state index in [-0.39, 0.29) is 0 Å². The van der Waals surface area contributed by atoms with Crippen molar-refractivity contribution in [3.63, 3.8) is 0 Å². The second kappa shape index (κ2) is 9.98. The first-order chi connectivity index (χ1) is 17.6. The summed E-state index contributed by atoms with van der Waals surface area (Å²) in [6, 6.07) is 37.6. The molecule has 1 heterocycles. The summed E-state index contributed by atoms with van der Waals surface area (Å²) >= 11 is 0. The van der Waals surface area contributed by atoms with Gasteiger partial charge in [-0.2, -0.15) is 5.10 Å². The highest BCUT2D eigenvalue weighted by Gasteiger charge is 2.38. The van der Waals surface area contributed by atoms with Gasteiger partial charge in [-0.25, -0.2) is 9.67 Å². The van der Waals surface area contributed by atoms with E-state index < -0.39 is 11.2 Å². The van der Waals surface area contributed by atoms with E-state index in [0.717, 1.165) is 0 Å². The maximum Gasteiger partial charge on any atom is 0.175 e. The number of nitrogens with zero attached hydrogens (tertiary/aromatic N) is 3. The molecule has 5 aromatic rings. The van der Waals surface area contributed by atoms with Crippen LogP contribution in [0.3, 0.4) is 0 Å². The molecule has 1 aromatic heterocycles. The third-order valence-corrected chi connectivity index (χ3v) is 6.20. The quantitative estimate of drug-likeness (QED) is 0.323. The van der Waals surface area contributed by atoms with Crippen LogP contribution < -0.4 is 0 Å². The van der Waals surface area contributed by atoms with Crippen LogP contribution in [-0.2, 0) is 11.2 Å². The summed E-state index contributed by atoms with van der Waals surface area (Å²) in [4.78, 5) is 4.43. The van der Waals surface area contributed by atoms with Crippen molar-refractivity contribution in [3.8, 4) is 0 Å². The van der Waals surface area contributed by atoms with Crippen molar-refractivity contribution in [2.45, 2.75) is 11.2 Å². The maximum atomic E-state index is 12.1. The highest BCUT2D eigenvalue weighted by Crippen LogP contribution is 2.35. The summed E-state index contributed by atoms with van der Waals surface area (Å²) in [7, 11) is 0. The Morgan fingerprint density at radius 3 is 1.47 bits per heavy atom. The van der Waals surface area contributed by atoms with Gasteiger partial charge in [-0.05, 0) is 28.3 Å². The molecular weight excluding hydrogens is 446 g/mol. The van der Waals surface area contributed by atoms with Crippen molar-refractivity contribution in [1.29, 1.82) is 0 Å². The molecule has 0 aliphatic carbocycles. The molecule has 5 heteroatoms. The van der Waals surface area contributed by atoms with Crippen LogP contribution in [0.5, 0.6) is 0 Å². The molecule has 0 atom stereocenters. The third-order valence-electron chi connectivity index (χ3n) is 6.20. The van der Waals surface area contributed by atoms with Gasteiger partial charge in [0.05, 0.1) is 6.20 Å². The van der Waals surface area contributed by atoms with Crippen molar-refractivity contribution >= 4 is 6.20 Å². The summed E-state index contributed by atoms with van der Waals surface area (Å²) in [5.41, 5.74) is 2.87. The zero-order valence-corrected chi connectivity index (χ0v) is 19.5. The Balaban J connectivity index is 1.62. The fourth-order valence-corrected chi connectivity index (χ4v) is 4.33. The minimum Gasteiger partial charge on any atom is -0.376 e. The van der Waals surface area contributed by atoms with Gasteiger partial charge in [0.25, 0.3) is 0 Å². The number of aliphatic hydroxyl groups is 2. The van der Waals surface area contributed by atoms with Crippen LogP contribution in [0.2, 0.25) is 0 Å². The van der Waals surface area contributed by atoms with Crippen LogP contribution in [0.15, 0.2) is 139 Å². The lowest BCUT2D eigenvalue weighted by molar-refractivity contribution is 0.113. The predicted octanol–water partition coefficient (Wildman–Crippen LogP) is 5.12. The smallest absolute Gasteiger partial charge is 0.175 e. The first-order valence-corrected chi connectivity index (χ1v) is 11.6. The van der Waals surface area contributed by atoms with E-state index in [1.807, 2.05) is 121 Å². The molecule has 0 spiro atoms. The number of benzene rings is 4. The molecule has 0 unspecified atom stereocenters. The first-order valence-electron chi connectivity index (χ1n) is 11.6. The highest BCUT2D eigenvalue weighted by atomic mass is 16.3. The summed E-state index contributed by atoms with van der Waals surface area (Å²) in [6.07, 6.45) is 4.55. The normalized spacial score (nSPS) is 11.5. The zero-order valence-electron chi connectivity index (χ0n) is 19.5. The summed E-state index contributed by atoms with van der Waals surface area (Å²) in [6.45, 7) is 0. The monoisotopic (exact) mass is 471 g/mol. The minimum atomic E-state index is -1.55. The van der Waals surface area contributed by atoms with Gasteiger partial charge in [-0.15, -0.1) is 5.73 Å². The van der Waals surface area contributed by atoms with E-state index in [9.17, 15) is 10.2 Å². The van der Waals surface area contributed by atoms with Gasteiger partial charge >= 0.3 is 0 Å². The topological polar surface area (TPSA) is 71.2 Å². The lowest BCUT2D eigenvalue weighted by atomic mass is 9.85. The molecule has 0 saturated heterocycles. The minimum absolute atomic E-state index is 0.309. The lowest BCUT2D eigenvalue weighted by Crippen LogP contribution is -2.32. The van der Waals surface area contributed by atoms with E-state index in [4.69, 9.17) is 0 Å². The van der Waals surface area contributed by atoms with Crippen molar-refractivity contribution in [1.82, 2.24) is 14.8 Å². The SMILES string of the molecule is OC(C=C=Cn1ncnc1C(O)(c1ccccc1)c1ccccc1)(c1ccccc1)c1ccccc1. The summed E-state index contributed by atoms with van der Waals surface area (Å²) in [5, 5.41) is 28.1. The van der Waals surface area contributed by atoms with Crippen LogP contribution in [-0.4, -0.2) is 25.0 Å². The van der Waals surface area contributed by atoms with Crippen molar-refractivity contribution in [2.75, 3.05) is 0 Å². The molecule has 5 nitrogen and oxygen atoms in total. The molecule has 0 fully saturated rings. The molecule has 5 rings (SSSR count). The fraction of sp³-hybridized carbons (Fsp3) is 0.0645. The van der Waals surface area contributed by atoms with Gasteiger partial charge < -0.3 is 10.2 Å². The van der Waals surface area contributed by atoms with Gasteiger partial charge in [0.2, 0.25) is 0 Å². The molecule has 0 aliphatic heterocycles. The highest BCUT2D eigenvalue weighted by molar-refractivity contribution is 5.45.